The van der Waals surface area contributed by atoms with E-state index in [0.717, 1.165) is 12.6 Å². The van der Waals surface area contributed by atoms with Crippen LogP contribution in [0.1, 0.15) is 6.92 Å². The van der Waals surface area contributed by atoms with Crippen LogP contribution in [0.2, 0.25) is 0 Å². The highest BCUT2D eigenvalue weighted by Crippen LogP contribution is 2.06. The first kappa shape index (κ1) is 8.52. The van der Waals surface area contributed by atoms with Gasteiger partial charge in [-0.3, -0.25) is 0 Å². The Morgan fingerprint density at radius 3 is 3.25 bits per heavy atom. The number of esters is 1. The number of aromatic nitrogens is 2. The lowest BCUT2D eigenvalue weighted by molar-refractivity contribution is -0.129. The van der Waals surface area contributed by atoms with Gasteiger partial charge in [-0.15, -0.1) is 0 Å². The highest BCUT2D eigenvalue weighted by Gasteiger charge is 2.04. The molecule has 0 fully saturated rings. The minimum Gasteiger partial charge on any atom is -0.389 e. The number of nitrogens with zero attached hydrogens (tertiary/aromatic N) is 2. The smallest absolute Gasteiger partial charge is 0.337 e. The number of hydrogen-bond donors (Lipinski definition) is 0. The molecule has 0 aliphatic carbocycles. The van der Waals surface area contributed by atoms with Crippen LogP contribution in [0.25, 0.3) is 0 Å². The van der Waals surface area contributed by atoms with Gasteiger partial charge in [0.1, 0.15) is 0 Å². The topological polar surface area (TPSA) is 44.1 Å². The van der Waals surface area contributed by atoms with Crippen molar-refractivity contribution in [2.45, 2.75) is 13.5 Å². The number of carbonyl (C=O) groups excluding carboxylic acids is 1. The standard InChI is InChI=1S/C8H10N2O2/c1-3-7(11)12-8-9-5-6-10(8)4-2/h3,5-6H,1,4H2,2H3. The molecule has 4 nitrogen and oxygen atoms in total. The molecule has 0 radical (unpaired) electrons. The fourth-order valence-electron chi connectivity index (χ4n) is 0.773. The van der Waals surface area contributed by atoms with Gasteiger partial charge in [-0.05, 0) is 6.92 Å². The molecule has 0 spiro atoms. The maximum Gasteiger partial charge on any atom is 0.337 e. The Hall–Kier alpha value is -1.58. The van der Waals surface area contributed by atoms with E-state index in [0.29, 0.717) is 6.01 Å². The SMILES string of the molecule is C=CC(=O)Oc1nccn1CC. The van der Waals surface area contributed by atoms with Crippen molar-refractivity contribution in [3.63, 3.8) is 0 Å². The molecule has 12 heavy (non-hydrogen) atoms. The molecule has 0 saturated carbocycles. The minimum absolute atomic E-state index is 0.308. The van der Waals surface area contributed by atoms with E-state index in [9.17, 15) is 4.79 Å². The van der Waals surface area contributed by atoms with Gasteiger partial charge in [-0.2, -0.15) is 0 Å². The molecular formula is C8H10N2O2. The van der Waals surface area contributed by atoms with Gasteiger partial charge in [0.05, 0.1) is 0 Å². The number of hydrogen-bond acceptors (Lipinski definition) is 3. The fourth-order valence-corrected chi connectivity index (χ4v) is 0.773. The fraction of sp³-hybridized carbons (Fsp3) is 0.250. The van der Waals surface area contributed by atoms with Crippen LogP contribution in [0.3, 0.4) is 0 Å². The Labute approximate surface area is 70.5 Å². The molecule has 0 amide bonds. The normalized spacial score (nSPS) is 9.42. The van der Waals surface area contributed by atoms with Crippen molar-refractivity contribution in [2.24, 2.45) is 0 Å². The summed E-state index contributed by atoms with van der Waals surface area (Å²) in [7, 11) is 0. The maximum absolute atomic E-state index is 10.8. The molecule has 1 heterocycles. The van der Waals surface area contributed by atoms with Crippen molar-refractivity contribution in [2.75, 3.05) is 0 Å². The molecule has 0 bridgehead atoms. The van der Waals surface area contributed by atoms with E-state index >= 15 is 0 Å². The van der Waals surface area contributed by atoms with E-state index in [1.165, 1.54) is 0 Å². The average Bonchev–Trinajstić information content (AvgIpc) is 2.51. The third kappa shape index (κ3) is 1.72. The monoisotopic (exact) mass is 166 g/mol. The molecule has 0 aromatic carbocycles. The summed E-state index contributed by atoms with van der Waals surface area (Å²) in [6, 6.07) is 0.308. The van der Waals surface area contributed by atoms with Crippen LogP contribution in [0, 0.1) is 0 Å². The van der Waals surface area contributed by atoms with Crippen molar-refractivity contribution in [3.8, 4) is 6.01 Å². The van der Waals surface area contributed by atoms with Gasteiger partial charge in [-0.1, -0.05) is 6.58 Å². The van der Waals surface area contributed by atoms with Crippen molar-refractivity contribution in [1.29, 1.82) is 0 Å². The molecule has 64 valence electrons. The highest BCUT2D eigenvalue weighted by molar-refractivity contribution is 5.82. The third-order valence-electron chi connectivity index (χ3n) is 1.38. The van der Waals surface area contributed by atoms with Gasteiger partial charge in [-0.25, -0.2) is 9.78 Å². The molecule has 1 aromatic rings. The van der Waals surface area contributed by atoms with E-state index in [4.69, 9.17) is 4.74 Å². The minimum atomic E-state index is -0.490. The molecule has 1 aromatic heterocycles. The number of aryl methyl sites for hydroxylation is 1. The molecule has 0 aliphatic rings. The Balaban J connectivity index is 2.74. The first-order chi connectivity index (χ1) is 5.77. The van der Waals surface area contributed by atoms with Crippen molar-refractivity contribution in [1.82, 2.24) is 9.55 Å². The van der Waals surface area contributed by atoms with E-state index in [1.807, 2.05) is 6.92 Å². The van der Waals surface area contributed by atoms with Crippen molar-refractivity contribution in [3.05, 3.63) is 25.0 Å². The predicted molar refractivity (Wildman–Crippen MR) is 43.7 cm³/mol. The van der Waals surface area contributed by atoms with E-state index in [2.05, 4.69) is 11.6 Å². The quantitative estimate of drug-likeness (QED) is 0.497. The van der Waals surface area contributed by atoms with Crippen LogP contribution in [0.5, 0.6) is 6.01 Å². The number of ether oxygens (including phenoxy) is 1. The van der Waals surface area contributed by atoms with Gasteiger partial charge in [0.25, 0.3) is 0 Å². The zero-order valence-electron chi connectivity index (χ0n) is 6.86. The average molecular weight is 166 g/mol. The summed E-state index contributed by atoms with van der Waals surface area (Å²) in [6.07, 6.45) is 4.43. The van der Waals surface area contributed by atoms with E-state index < -0.39 is 5.97 Å². The zero-order valence-corrected chi connectivity index (χ0v) is 6.86. The second kappa shape index (κ2) is 3.71. The molecule has 4 heteroatoms. The summed E-state index contributed by atoms with van der Waals surface area (Å²) in [5, 5.41) is 0. The van der Waals surface area contributed by atoms with E-state index in [-0.39, 0.29) is 0 Å². The van der Waals surface area contributed by atoms with E-state index in [1.54, 1.807) is 17.0 Å². The lowest BCUT2D eigenvalue weighted by atomic mass is 10.6. The molecule has 0 aliphatic heterocycles. The van der Waals surface area contributed by atoms with Crippen LogP contribution >= 0.6 is 0 Å². The summed E-state index contributed by atoms with van der Waals surface area (Å²) < 4.78 is 6.54. The lowest BCUT2D eigenvalue weighted by Crippen LogP contribution is -2.08. The Bertz CT molecular complexity index is 291. The Kier molecular flexibility index (Phi) is 2.63. The van der Waals surface area contributed by atoms with Gasteiger partial charge in [0, 0.05) is 25.0 Å². The molecule has 0 saturated heterocycles. The van der Waals surface area contributed by atoms with Gasteiger partial charge in [0.2, 0.25) is 0 Å². The number of imidazole rings is 1. The Morgan fingerprint density at radius 1 is 1.92 bits per heavy atom. The molecule has 1 rings (SSSR count). The van der Waals surface area contributed by atoms with Gasteiger partial charge >= 0.3 is 12.0 Å². The zero-order chi connectivity index (χ0) is 8.97. The summed E-state index contributed by atoms with van der Waals surface area (Å²) in [5.41, 5.74) is 0. The second-order valence-corrected chi connectivity index (χ2v) is 2.12. The Morgan fingerprint density at radius 2 is 2.67 bits per heavy atom. The van der Waals surface area contributed by atoms with Crippen LogP contribution in [0.15, 0.2) is 25.0 Å². The van der Waals surface area contributed by atoms with Crippen LogP contribution in [-0.2, 0) is 11.3 Å². The summed E-state index contributed by atoms with van der Waals surface area (Å²) in [4.78, 5) is 14.6. The molecule has 0 N–H and O–H groups in total. The van der Waals surface area contributed by atoms with Crippen molar-refractivity contribution >= 4 is 5.97 Å². The number of carbonyl (C=O) groups is 1. The summed E-state index contributed by atoms with van der Waals surface area (Å²) in [6.45, 7) is 5.94. The predicted octanol–water partition coefficient (Wildman–Crippen LogP) is 0.994. The second-order valence-electron chi connectivity index (χ2n) is 2.12. The summed E-state index contributed by atoms with van der Waals surface area (Å²) >= 11 is 0. The highest BCUT2D eigenvalue weighted by atomic mass is 16.5. The van der Waals surface area contributed by atoms with Crippen molar-refractivity contribution < 1.29 is 9.53 Å². The largest absolute Gasteiger partial charge is 0.389 e. The van der Waals surface area contributed by atoms with Crippen LogP contribution < -0.4 is 4.74 Å². The molecule has 0 unspecified atom stereocenters. The number of rotatable bonds is 3. The summed E-state index contributed by atoms with van der Waals surface area (Å²) in [5.74, 6) is -0.490. The third-order valence-corrected chi connectivity index (χ3v) is 1.38. The first-order valence-electron chi connectivity index (χ1n) is 3.63. The van der Waals surface area contributed by atoms with Crippen LogP contribution in [-0.4, -0.2) is 15.5 Å². The van der Waals surface area contributed by atoms with Crippen LogP contribution in [0.4, 0.5) is 0 Å². The lowest BCUT2D eigenvalue weighted by Gasteiger charge is -2.01. The molecular weight excluding hydrogens is 156 g/mol. The molecule has 0 atom stereocenters. The maximum atomic E-state index is 10.8. The van der Waals surface area contributed by atoms with Gasteiger partial charge in [0.15, 0.2) is 0 Å². The van der Waals surface area contributed by atoms with Gasteiger partial charge < -0.3 is 9.30 Å². The first-order valence-corrected chi connectivity index (χ1v) is 3.63.